The Morgan fingerprint density at radius 3 is 2.21 bits per heavy atom. The zero-order valence-corrected chi connectivity index (χ0v) is 16.1. The summed E-state index contributed by atoms with van der Waals surface area (Å²) >= 11 is 0. The predicted octanol–water partition coefficient (Wildman–Crippen LogP) is 1.83. The number of nitrogens with one attached hydrogen (secondary N) is 3. The maximum absolute atomic E-state index is 12.9. The van der Waals surface area contributed by atoms with E-state index in [1.807, 2.05) is 12.1 Å². The first-order valence-electron chi connectivity index (χ1n) is 8.69. The molecule has 3 N–H and O–H groups in total. The molecule has 2 aromatic rings. The quantitative estimate of drug-likeness (QED) is 0.523. The van der Waals surface area contributed by atoms with E-state index in [2.05, 4.69) is 20.9 Å². The molecule has 0 radical (unpaired) electrons. The zero-order chi connectivity index (χ0) is 20.5. The summed E-state index contributed by atoms with van der Waals surface area (Å²) in [5.41, 5.74) is 2.10. The van der Waals surface area contributed by atoms with Gasteiger partial charge in [0.25, 0.3) is 5.91 Å². The summed E-state index contributed by atoms with van der Waals surface area (Å²) in [6.07, 6.45) is 0. The Morgan fingerprint density at radius 2 is 1.64 bits per heavy atom. The van der Waals surface area contributed by atoms with Crippen LogP contribution in [0.3, 0.4) is 0 Å². The number of benzene rings is 2. The first-order valence-corrected chi connectivity index (χ1v) is 8.69. The van der Waals surface area contributed by atoms with E-state index in [4.69, 9.17) is 0 Å². The lowest BCUT2D eigenvalue weighted by Crippen LogP contribution is -2.41. The van der Waals surface area contributed by atoms with E-state index in [0.717, 1.165) is 5.56 Å². The summed E-state index contributed by atoms with van der Waals surface area (Å²) in [5, 5.41) is 8.67. The van der Waals surface area contributed by atoms with E-state index < -0.39 is 0 Å². The molecule has 0 bridgehead atoms. The molecule has 0 atom stereocenters. The average molecular weight is 385 g/mol. The standard InChI is InChI=1S/C20H24FN5O2/c1-22-20(24-13-18(27)25-17-10-8-16(21)9-11-17)23-12-14-4-6-15(7-5-14)19(28)26(2)3/h4-11H,12-13H2,1-3H3,(H,25,27)(H2,22,23,24). The van der Waals surface area contributed by atoms with Crippen molar-refractivity contribution >= 4 is 23.5 Å². The monoisotopic (exact) mass is 385 g/mol. The van der Waals surface area contributed by atoms with Crippen LogP contribution in [0.1, 0.15) is 15.9 Å². The number of amides is 2. The highest BCUT2D eigenvalue weighted by Crippen LogP contribution is 2.08. The van der Waals surface area contributed by atoms with E-state index in [-0.39, 0.29) is 24.2 Å². The van der Waals surface area contributed by atoms with Crippen molar-refractivity contribution in [1.29, 1.82) is 0 Å². The van der Waals surface area contributed by atoms with Crippen molar-refractivity contribution in [3.05, 3.63) is 65.5 Å². The number of hydrogen-bond acceptors (Lipinski definition) is 3. The SMILES string of the molecule is CN=C(NCC(=O)Nc1ccc(F)cc1)NCc1ccc(C(=O)N(C)C)cc1. The van der Waals surface area contributed by atoms with Crippen molar-refractivity contribution in [1.82, 2.24) is 15.5 Å². The van der Waals surface area contributed by atoms with Crippen LogP contribution in [0.25, 0.3) is 0 Å². The van der Waals surface area contributed by atoms with Gasteiger partial charge in [-0.2, -0.15) is 0 Å². The van der Waals surface area contributed by atoms with Gasteiger partial charge in [-0.15, -0.1) is 0 Å². The molecule has 7 nitrogen and oxygen atoms in total. The van der Waals surface area contributed by atoms with Crippen LogP contribution < -0.4 is 16.0 Å². The molecule has 0 saturated heterocycles. The first kappa shape index (κ1) is 20.9. The van der Waals surface area contributed by atoms with E-state index >= 15 is 0 Å². The van der Waals surface area contributed by atoms with Gasteiger partial charge in [-0.1, -0.05) is 12.1 Å². The van der Waals surface area contributed by atoms with E-state index in [1.165, 1.54) is 29.2 Å². The summed E-state index contributed by atoms with van der Waals surface area (Å²) in [6, 6.07) is 12.8. The molecular formula is C20H24FN5O2. The fourth-order valence-corrected chi connectivity index (χ4v) is 2.33. The Kier molecular flexibility index (Phi) is 7.50. The number of hydrogen-bond donors (Lipinski definition) is 3. The summed E-state index contributed by atoms with van der Waals surface area (Å²) in [4.78, 5) is 29.4. The average Bonchev–Trinajstić information content (AvgIpc) is 2.69. The lowest BCUT2D eigenvalue weighted by molar-refractivity contribution is -0.115. The fourth-order valence-electron chi connectivity index (χ4n) is 2.33. The topological polar surface area (TPSA) is 85.8 Å². The van der Waals surface area contributed by atoms with E-state index in [9.17, 15) is 14.0 Å². The molecule has 2 aromatic carbocycles. The number of guanidine groups is 1. The van der Waals surface area contributed by atoms with Crippen molar-refractivity contribution in [2.75, 3.05) is 33.0 Å². The fraction of sp³-hybridized carbons (Fsp3) is 0.250. The molecule has 0 unspecified atom stereocenters. The van der Waals surface area contributed by atoms with Gasteiger partial charge in [0, 0.05) is 38.9 Å². The third-order valence-electron chi connectivity index (χ3n) is 3.84. The van der Waals surface area contributed by atoms with Crippen LogP contribution in [0.4, 0.5) is 10.1 Å². The highest BCUT2D eigenvalue weighted by Gasteiger charge is 2.08. The van der Waals surface area contributed by atoms with Crippen molar-refractivity contribution < 1.29 is 14.0 Å². The molecule has 148 valence electrons. The lowest BCUT2D eigenvalue weighted by atomic mass is 10.1. The second-order valence-electron chi connectivity index (χ2n) is 6.23. The van der Waals surface area contributed by atoms with Crippen LogP contribution in [0.15, 0.2) is 53.5 Å². The van der Waals surface area contributed by atoms with Gasteiger partial charge in [0.15, 0.2) is 5.96 Å². The molecule has 28 heavy (non-hydrogen) atoms. The molecule has 8 heteroatoms. The molecule has 0 aliphatic carbocycles. The normalized spacial score (nSPS) is 10.9. The minimum atomic E-state index is -0.361. The Labute approximate surface area is 163 Å². The summed E-state index contributed by atoms with van der Waals surface area (Å²) in [5.74, 6) is -0.229. The molecule has 2 amide bonds. The maximum atomic E-state index is 12.9. The maximum Gasteiger partial charge on any atom is 0.253 e. The first-order chi connectivity index (χ1) is 13.4. The Bertz CT molecular complexity index is 833. The molecular weight excluding hydrogens is 361 g/mol. The van der Waals surface area contributed by atoms with Crippen molar-refractivity contribution in [3.8, 4) is 0 Å². The molecule has 0 fully saturated rings. The van der Waals surface area contributed by atoms with E-state index in [1.54, 1.807) is 33.3 Å². The summed E-state index contributed by atoms with van der Waals surface area (Å²) in [6.45, 7) is 0.489. The second kappa shape index (κ2) is 10.1. The van der Waals surface area contributed by atoms with Crippen LogP contribution in [-0.2, 0) is 11.3 Å². The van der Waals surface area contributed by atoms with Gasteiger partial charge in [0.2, 0.25) is 5.91 Å². The number of aliphatic imine (C=N–C) groups is 1. The molecule has 0 spiro atoms. The largest absolute Gasteiger partial charge is 0.352 e. The molecule has 0 aliphatic rings. The molecule has 0 saturated carbocycles. The minimum absolute atomic E-state index is 0.00727. The van der Waals surface area contributed by atoms with Gasteiger partial charge in [-0.25, -0.2) is 4.39 Å². The predicted molar refractivity (Wildman–Crippen MR) is 108 cm³/mol. The number of carbonyl (C=O) groups is 2. The molecule has 2 rings (SSSR count). The number of carbonyl (C=O) groups excluding carboxylic acids is 2. The van der Waals surface area contributed by atoms with Gasteiger partial charge in [0.1, 0.15) is 5.82 Å². The number of rotatable bonds is 6. The van der Waals surface area contributed by atoms with Crippen LogP contribution in [0.5, 0.6) is 0 Å². The van der Waals surface area contributed by atoms with Gasteiger partial charge < -0.3 is 20.9 Å². The number of nitrogens with zero attached hydrogens (tertiary/aromatic N) is 2. The van der Waals surface area contributed by atoms with Gasteiger partial charge in [-0.05, 0) is 42.0 Å². The summed E-state index contributed by atoms with van der Waals surface area (Å²) < 4.78 is 12.9. The highest BCUT2D eigenvalue weighted by molar-refractivity contribution is 5.95. The van der Waals surface area contributed by atoms with Gasteiger partial charge >= 0.3 is 0 Å². The van der Waals surface area contributed by atoms with E-state index in [0.29, 0.717) is 23.8 Å². The smallest absolute Gasteiger partial charge is 0.253 e. The van der Waals surface area contributed by atoms with Gasteiger partial charge in [-0.3, -0.25) is 14.6 Å². The van der Waals surface area contributed by atoms with Crippen molar-refractivity contribution in [2.45, 2.75) is 6.54 Å². The number of halogens is 1. The van der Waals surface area contributed by atoms with Gasteiger partial charge in [0.05, 0.1) is 6.54 Å². The number of anilines is 1. The third kappa shape index (κ3) is 6.39. The van der Waals surface area contributed by atoms with Crippen LogP contribution in [0, 0.1) is 5.82 Å². The van der Waals surface area contributed by atoms with Crippen LogP contribution in [-0.4, -0.2) is 50.4 Å². The Morgan fingerprint density at radius 1 is 1.00 bits per heavy atom. The highest BCUT2D eigenvalue weighted by atomic mass is 19.1. The van der Waals surface area contributed by atoms with Crippen LogP contribution in [0.2, 0.25) is 0 Å². The molecule has 0 aromatic heterocycles. The molecule has 0 aliphatic heterocycles. The van der Waals surface area contributed by atoms with Crippen LogP contribution >= 0.6 is 0 Å². The third-order valence-corrected chi connectivity index (χ3v) is 3.84. The Hall–Kier alpha value is -3.42. The Balaban J connectivity index is 1.80. The second-order valence-corrected chi connectivity index (χ2v) is 6.23. The lowest BCUT2D eigenvalue weighted by Gasteiger charge is -2.13. The minimum Gasteiger partial charge on any atom is -0.352 e. The van der Waals surface area contributed by atoms with Crippen molar-refractivity contribution in [3.63, 3.8) is 0 Å². The zero-order valence-electron chi connectivity index (χ0n) is 16.1. The van der Waals surface area contributed by atoms with Crippen molar-refractivity contribution in [2.24, 2.45) is 4.99 Å². The molecule has 0 heterocycles. The summed E-state index contributed by atoms with van der Waals surface area (Å²) in [7, 11) is 5.02.